The standard InChI is InChI=1S/C14H19NO5/c1-3-18-12(13(16)19-4-2)15-14(17)20-10-11-8-6-5-7-9-11/h5-9,12H,3-4,10H2,1-2H3,(H,15,17)/t12-/m0/s1. The van der Waals surface area contributed by atoms with Crippen LogP contribution in [0.3, 0.4) is 0 Å². The van der Waals surface area contributed by atoms with E-state index in [4.69, 9.17) is 14.2 Å². The number of alkyl carbamates (subject to hydrolysis) is 1. The van der Waals surface area contributed by atoms with Crippen LogP contribution < -0.4 is 5.32 Å². The number of hydrogen-bond acceptors (Lipinski definition) is 5. The van der Waals surface area contributed by atoms with E-state index in [1.54, 1.807) is 13.8 Å². The van der Waals surface area contributed by atoms with Crippen LogP contribution in [0.5, 0.6) is 0 Å². The van der Waals surface area contributed by atoms with Crippen LogP contribution in [0.2, 0.25) is 0 Å². The highest BCUT2D eigenvalue weighted by molar-refractivity contribution is 5.80. The van der Waals surface area contributed by atoms with Crippen molar-refractivity contribution >= 4 is 12.1 Å². The average molecular weight is 281 g/mol. The summed E-state index contributed by atoms with van der Waals surface area (Å²) < 4.78 is 14.9. The Morgan fingerprint density at radius 2 is 1.80 bits per heavy atom. The zero-order valence-electron chi connectivity index (χ0n) is 11.6. The van der Waals surface area contributed by atoms with E-state index < -0.39 is 18.3 Å². The van der Waals surface area contributed by atoms with E-state index >= 15 is 0 Å². The molecule has 0 heterocycles. The van der Waals surface area contributed by atoms with E-state index in [2.05, 4.69) is 5.32 Å². The number of benzene rings is 1. The maximum absolute atomic E-state index is 11.6. The number of esters is 1. The molecule has 1 N–H and O–H groups in total. The number of rotatable bonds is 7. The summed E-state index contributed by atoms with van der Waals surface area (Å²) in [6.45, 7) is 3.98. The SMILES string of the molecule is CCOC(=O)[C@@H](NC(=O)OCc1ccccc1)OCC. The maximum atomic E-state index is 11.6. The Balaban J connectivity index is 2.43. The van der Waals surface area contributed by atoms with Crippen LogP contribution in [0.4, 0.5) is 4.79 Å². The fourth-order valence-corrected chi connectivity index (χ4v) is 1.43. The molecule has 20 heavy (non-hydrogen) atoms. The van der Waals surface area contributed by atoms with E-state index in [1.807, 2.05) is 30.3 Å². The third-order valence-electron chi connectivity index (χ3n) is 2.30. The van der Waals surface area contributed by atoms with Gasteiger partial charge < -0.3 is 14.2 Å². The van der Waals surface area contributed by atoms with Gasteiger partial charge in [0.15, 0.2) is 0 Å². The van der Waals surface area contributed by atoms with Crippen LogP contribution in [-0.4, -0.2) is 31.5 Å². The van der Waals surface area contributed by atoms with E-state index in [0.717, 1.165) is 5.56 Å². The first-order valence-electron chi connectivity index (χ1n) is 6.42. The van der Waals surface area contributed by atoms with Crippen molar-refractivity contribution in [3.63, 3.8) is 0 Å². The minimum Gasteiger partial charge on any atom is -0.463 e. The highest BCUT2D eigenvalue weighted by Crippen LogP contribution is 2.01. The third kappa shape index (κ3) is 5.71. The summed E-state index contributed by atoms with van der Waals surface area (Å²) in [7, 11) is 0. The molecule has 0 saturated heterocycles. The van der Waals surface area contributed by atoms with Crippen LogP contribution in [0.15, 0.2) is 30.3 Å². The molecule has 0 spiro atoms. The highest BCUT2D eigenvalue weighted by Gasteiger charge is 2.22. The molecule has 1 rings (SSSR count). The lowest BCUT2D eigenvalue weighted by Crippen LogP contribution is -2.44. The van der Waals surface area contributed by atoms with Gasteiger partial charge in [0.1, 0.15) is 6.61 Å². The molecule has 1 aromatic carbocycles. The van der Waals surface area contributed by atoms with Gasteiger partial charge in [0.05, 0.1) is 6.61 Å². The molecule has 0 radical (unpaired) electrons. The van der Waals surface area contributed by atoms with Gasteiger partial charge in [-0.25, -0.2) is 9.59 Å². The molecule has 1 amide bonds. The fraction of sp³-hybridized carbons (Fsp3) is 0.429. The van der Waals surface area contributed by atoms with Crippen molar-refractivity contribution < 1.29 is 23.8 Å². The second-order valence-corrected chi connectivity index (χ2v) is 3.79. The number of amides is 1. The molecule has 6 heteroatoms. The zero-order chi connectivity index (χ0) is 14.8. The van der Waals surface area contributed by atoms with E-state index in [-0.39, 0.29) is 19.8 Å². The van der Waals surface area contributed by atoms with Crippen molar-refractivity contribution in [1.82, 2.24) is 5.32 Å². The normalized spacial score (nSPS) is 11.5. The topological polar surface area (TPSA) is 73.9 Å². The zero-order valence-corrected chi connectivity index (χ0v) is 11.6. The summed E-state index contributed by atoms with van der Waals surface area (Å²) in [5.41, 5.74) is 0.853. The number of nitrogens with one attached hydrogen (secondary N) is 1. The molecule has 1 atom stereocenters. The van der Waals surface area contributed by atoms with Crippen molar-refractivity contribution in [3.8, 4) is 0 Å². The van der Waals surface area contributed by atoms with Crippen molar-refractivity contribution in [2.45, 2.75) is 26.7 Å². The van der Waals surface area contributed by atoms with Gasteiger partial charge in [0.25, 0.3) is 0 Å². The molecule has 0 bridgehead atoms. The van der Waals surface area contributed by atoms with Gasteiger partial charge in [-0.2, -0.15) is 0 Å². The predicted octanol–water partition coefficient (Wildman–Crippen LogP) is 1.84. The van der Waals surface area contributed by atoms with Crippen LogP contribution in [0, 0.1) is 0 Å². The van der Waals surface area contributed by atoms with Gasteiger partial charge >= 0.3 is 12.1 Å². The van der Waals surface area contributed by atoms with Crippen LogP contribution >= 0.6 is 0 Å². The van der Waals surface area contributed by atoms with Crippen molar-refractivity contribution in [1.29, 1.82) is 0 Å². The maximum Gasteiger partial charge on any atom is 0.409 e. The minimum absolute atomic E-state index is 0.119. The average Bonchev–Trinajstić information content (AvgIpc) is 2.46. The molecular formula is C14H19NO5. The van der Waals surface area contributed by atoms with Crippen LogP contribution in [-0.2, 0) is 25.6 Å². The van der Waals surface area contributed by atoms with Gasteiger partial charge in [0.2, 0.25) is 6.23 Å². The molecule has 0 fully saturated rings. The second kappa shape index (κ2) is 8.92. The van der Waals surface area contributed by atoms with Crippen molar-refractivity contribution in [2.75, 3.05) is 13.2 Å². The van der Waals surface area contributed by atoms with E-state index in [1.165, 1.54) is 0 Å². The Bertz CT molecular complexity index is 421. The molecule has 1 aromatic rings. The minimum atomic E-state index is -1.15. The first-order chi connectivity index (χ1) is 9.67. The number of hydrogen-bond donors (Lipinski definition) is 1. The molecule has 0 unspecified atom stereocenters. The first-order valence-corrected chi connectivity index (χ1v) is 6.42. The molecule has 0 saturated carbocycles. The Labute approximate surface area is 118 Å². The molecule has 6 nitrogen and oxygen atoms in total. The number of carbonyl (C=O) groups excluding carboxylic acids is 2. The Hall–Kier alpha value is -2.08. The molecular weight excluding hydrogens is 262 g/mol. The number of ether oxygens (including phenoxy) is 3. The number of carbonyl (C=O) groups is 2. The highest BCUT2D eigenvalue weighted by atomic mass is 16.6. The van der Waals surface area contributed by atoms with Gasteiger partial charge in [0, 0.05) is 6.61 Å². The lowest BCUT2D eigenvalue weighted by molar-refractivity contribution is -0.158. The quantitative estimate of drug-likeness (QED) is 0.609. The van der Waals surface area contributed by atoms with Gasteiger partial charge in [-0.1, -0.05) is 30.3 Å². The second-order valence-electron chi connectivity index (χ2n) is 3.79. The lowest BCUT2D eigenvalue weighted by atomic mass is 10.2. The molecule has 110 valence electrons. The summed E-state index contributed by atoms with van der Waals surface area (Å²) in [5.74, 6) is -0.647. The molecule has 0 aromatic heterocycles. The van der Waals surface area contributed by atoms with Crippen molar-refractivity contribution in [2.24, 2.45) is 0 Å². The fourth-order valence-electron chi connectivity index (χ4n) is 1.43. The molecule has 0 aliphatic carbocycles. The van der Waals surface area contributed by atoms with Gasteiger partial charge in [-0.15, -0.1) is 0 Å². The first kappa shape index (κ1) is 16.0. The van der Waals surface area contributed by atoms with Gasteiger partial charge in [-0.05, 0) is 19.4 Å². The monoisotopic (exact) mass is 281 g/mol. The molecule has 0 aliphatic heterocycles. The Kier molecular flexibility index (Phi) is 7.13. The summed E-state index contributed by atoms with van der Waals surface area (Å²) in [5, 5.41) is 2.31. The Morgan fingerprint density at radius 3 is 2.40 bits per heavy atom. The van der Waals surface area contributed by atoms with Gasteiger partial charge in [-0.3, -0.25) is 5.32 Å². The molecule has 0 aliphatic rings. The summed E-state index contributed by atoms with van der Waals surface area (Å²) in [6, 6.07) is 9.23. The summed E-state index contributed by atoms with van der Waals surface area (Å²) in [6.07, 6.45) is -1.89. The van der Waals surface area contributed by atoms with Crippen LogP contribution in [0.1, 0.15) is 19.4 Å². The van der Waals surface area contributed by atoms with E-state index in [0.29, 0.717) is 0 Å². The Morgan fingerprint density at radius 1 is 1.10 bits per heavy atom. The third-order valence-corrected chi connectivity index (χ3v) is 2.30. The van der Waals surface area contributed by atoms with Crippen LogP contribution in [0.25, 0.3) is 0 Å². The smallest absolute Gasteiger partial charge is 0.409 e. The summed E-state index contributed by atoms with van der Waals surface area (Å²) in [4.78, 5) is 23.1. The largest absolute Gasteiger partial charge is 0.463 e. The lowest BCUT2D eigenvalue weighted by Gasteiger charge is -2.16. The van der Waals surface area contributed by atoms with Crippen molar-refractivity contribution in [3.05, 3.63) is 35.9 Å². The predicted molar refractivity (Wildman–Crippen MR) is 71.8 cm³/mol. The summed E-state index contributed by atoms with van der Waals surface area (Å²) >= 11 is 0. The van der Waals surface area contributed by atoms with E-state index in [9.17, 15) is 9.59 Å².